The van der Waals surface area contributed by atoms with Crippen molar-refractivity contribution in [1.82, 2.24) is 10.3 Å². The summed E-state index contributed by atoms with van der Waals surface area (Å²) < 4.78 is 9.69. The largest absolute Gasteiger partial charge is 0.494 e. The molecule has 1 aromatic heterocycles. The molecule has 0 aliphatic carbocycles. The minimum absolute atomic E-state index is 0.0196. The van der Waals surface area contributed by atoms with Gasteiger partial charge in [0.25, 0.3) is 0 Å². The van der Waals surface area contributed by atoms with Crippen LogP contribution in [-0.2, 0) is 16.1 Å². The Morgan fingerprint density at radius 3 is 2.56 bits per heavy atom. The average Bonchev–Trinajstić information content (AvgIpc) is 2.91. The summed E-state index contributed by atoms with van der Waals surface area (Å²) in [6, 6.07) is 10.1. The van der Waals surface area contributed by atoms with Crippen molar-refractivity contribution in [2.75, 3.05) is 6.54 Å². The number of aromatic amines is 1. The van der Waals surface area contributed by atoms with Gasteiger partial charge in [0.15, 0.2) is 17.7 Å². The summed E-state index contributed by atoms with van der Waals surface area (Å²) >= 11 is 0. The molecule has 5 N–H and O–H groups in total. The van der Waals surface area contributed by atoms with Crippen LogP contribution in [0.15, 0.2) is 36.4 Å². The van der Waals surface area contributed by atoms with E-state index in [1.54, 1.807) is 12.1 Å². The van der Waals surface area contributed by atoms with Crippen LogP contribution < -0.4 is 10.1 Å². The number of rotatable bonds is 7. The van der Waals surface area contributed by atoms with Crippen LogP contribution in [0, 0.1) is 0 Å². The third-order valence-corrected chi connectivity index (χ3v) is 3.13. The van der Waals surface area contributed by atoms with Gasteiger partial charge in [0.1, 0.15) is 6.61 Å². The first-order valence-corrected chi connectivity index (χ1v) is 7.41. The molecule has 2 rings (SSSR count). The molecule has 25 heavy (non-hydrogen) atoms. The van der Waals surface area contributed by atoms with Crippen LogP contribution in [0.25, 0.3) is 0 Å². The van der Waals surface area contributed by atoms with Crippen molar-refractivity contribution in [2.24, 2.45) is 0 Å². The maximum atomic E-state index is 11.6. The van der Waals surface area contributed by atoms with Gasteiger partial charge in [0, 0.05) is 19.0 Å². The molecule has 0 saturated carbocycles. The molecule has 9 nitrogen and oxygen atoms in total. The fourth-order valence-corrected chi connectivity index (χ4v) is 1.87. The Morgan fingerprint density at radius 1 is 1.20 bits per heavy atom. The lowest BCUT2D eigenvalue weighted by molar-refractivity contribution is -0.144. The summed E-state index contributed by atoms with van der Waals surface area (Å²) in [5.74, 6) is -2.27. The zero-order valence-electron chi connectivity index (χ0n) is 13.1. The molecule has 2 aromatic rings. The molecule has 9 heteroatoms. The average molecular weight is 350 g/mol. The number of carbonyl (C=O) groups excluding carboxylic acids is 2. The van der Waals surface area contributed by atoms with E-state index in [-0.39, 0.29) is 25.3 Å². The third-order valence-electron chi connectivity index (χ3n) is 3.13. The van der Waals surface area contributed by atoms with Gasteiger partial charge in [-0.15, -0.1) is 0 Å². The first-order valence-electron chi connectivity index (χ1n) is 7.41. The van der Waals surface area contributed by atoms with E-state index in [0.29, 0.717) is 0 Å². The molecular formula is C16H18N2O7. The Bertz CT molecular complexity index is 715. The number of benzene rings is 1. The summed E-state index contributed by atoms with van der Waals surface area (Å²) in [6.07, 6.45) is -2.32. The molecule has 0 radical (unpaired) electrons. The summed E-state index contributed by atoms with van der Waals surface area (Å²) in [4.78, 5) is 25.3. The Hall–Kier alpha value is -3.20. The van der Waals surface area contributed by atoms with Gasteiger partial charge < -0.3 is 30.1 Å². The van der Waals surface area contributed by atoms with Crippen molar-refractivity contribution in [2.45, 2.75) is 19.1 Å². The fourth-order valence-electron chi connectivity index (χ4n) is 1.87. The van der Waals surface area contributed by atoms with Gasteiger partial charge >= 0.3 is 12.1 Å². The van der Waals surface area contributed by atoms with Crippen molar-refractivity contribution < 1.29 is 34.4 Å². The number of amides is 1. The molecule has 134 valence electrons. The Kier molecular flexibility index (Phi) is 6.24. The number of aliphatic hydroxyl groups excluding tert-OH is 1. The van der Waals surface area contributed by atoms with E-state index >= 15 is 0 Å². The maximum absolute atomic E-state index is 11.6. The lowest BCUT2D eigenvalue weighted by Crippen LogP contribution is -2.32. The predicted octanol–water partition coefficient (Wildman–Crippen LogP) is 1.01. The van der Waals surface area contributed by atoms with E-state index in [2.05, 4.69) is 10.3 Å². The van der Waals surface area contributed by atoms with Crippen LogP contribution in [-0.4, -0.2) is 45.0 Å². The Balaban J connectivity index is 1.67. The monoisotopic (exact) mass is 350 g/mol. The summed E-state index contributed by atoms with van der Waals surface area (Å²) in [6.45, 7) is 0.0851. The second-order valence-corrected chi connectivity index (χ2v) is 5.08. The van der Waals surface area contributed by atoms with E-state index in [1.165, 1.54) is 0 Å². The van der Waals surface area contributed by atoms with E-state index in [1.807, 2.05) is 18.2 Å². The number of aliphatic hydroxyl groups is 1. The predicted molar refractivity (Wildman–Crippen MR) is 85.0 cm³/mol. The Morgan fingerprint density at radius 2 is 1.92 bits per heavy atom. The molecule has 0 aliphatic heterocycles. The Labute approximate surface area is 142 Å². The standard InChI is InChI=1S/C16H18N2O7/c19-11(15(22)25-12-8-13(20)18-14(12)21)6-7-17-16(23)24-9-10-4-2-1-3-5-10/h1-5,8,11,18-21H,6-7,9H2,(H,17,23). The molecule has 0 saturated heterocycles. The topological polar surface area (TPSA) is 141 Å². The third kappa shape index (κ3) is 5.74. The molecular weight excluding hydrogens is 332 g/mol. The van der Waals surface area contributed by atoms with Crippen LogP contribution in [0.4, 0.5) is 4.79 Å². The van der Waals surface area contributed by atoms with Crippen LogP contribution in [0.1, 0.15) is 12.0 Å². The first kappa shape index (κ1) is 18.1. The fraction of sp³-hybridized carbons (Fsp3) is 0.250. The van der Waals surface area contributed by atoms with Crippen molar-refractivity contribution in [3.8, 4) is 17.5 Å². The second-order valence-electron chi connectivity index (χ2n) is 5.08. The van der Waals surface area contributed by atoms with Gasteiger partial charge in [-0.05, 0) is 5.56 Å². The smallest absolute Gasteiger partial charge is 0.407 e. The van der Waals surface area contributed by atoms with Crippen molar-refractivity contribution in [3.05, 3.63) is 42.0 Å². The molecule has 0 aliphatic rings. The van der Waals surface area contributed by atoms with Gasteiger partial charge in [0.2, 0.25) is 5.88 Å². The number of carbonyl (C=O) groups is 2. The van der Waals surface area contributed by atoms with Crippen molar-refractivity contribution in [1.29, 1.82) is 0 Å². The molecule has 0 spiro atoms. The molecule has 1 atom stereocenters. The van der Waals surface area contributed by atoms with Gasteiger partial charge in [-0.3, -0.25) is 4.98 Å². The zero-order chi connectivity index (χ0) is 18.2. The van der Waals surface area contributed by atoms with E-state index in [4.69, 9.17) is 14.6 Å². The molecule has 1 unspecified atom stereocenters. The van der Waals surface area contributed by atoms with Crippen LogP contribution >= 0.6 is 0 Å². The minimum Gasteiger partial charge on any atom is -0.494 e. The van der Waals surface area contributed by atoms with Gasteiger partial charge in [0.05, 0.1) is 0 Å². The number of alkyl carbamates (subject to hydrolysis) is 1. The number of hydrogen-bond acceptors (Lipinski definition) is 7. The maximum Gasteiger partial charge on any atom is 0.407 e. The van der Waals surface area contributed by atoms with Crippen LogP contribution in [0.2, 0.25) is 0 Å². The highest BCUT2D eigenvalue weighted by molar-refractivity contribution is 5.77. The van der Waals surface area contributed by atoms with Crippen molar-refractivity contribution in [3.63, 3.8) is 0 Å². The van der Waals surface area contributed by atoms with Crippen LogP contribution in [0.3, 0.4) is 0 Å². The number of nitrogens with one attached hydrogen (secondary N) is 2. The highest BCUT2D eigenvalue weighted by Crippen LogP contribution is 2.29. The molecule has 0 bridgehead atoms. The lowest BCUT2D eigenvalue weighted by atomic mass is 10.2. The number of aromatic nitrogens is 1. The number of aromatic hydroxyl groups is 2. The minimum atomic E-state index is -1.52. The normalized spacial score (nSPS) is 11.6. The molecule has 1 amide bonds. The number of hydrogen-bond donors (Lipinski definition) is 5. The summed E-state index contributed by atoms with van der Waals surface area (Å²) in [7, 11) is 0. The van der Waals surface area contributed by atoms with Crippen molar-refractivity contribution >= 4 is 12.1 Å². The zero-order valence-corrected chi connectivity index (χ0v) is 13.1. The molecule has 0 fully saturated rings. The van der Waals surface area contributed by atoms with Gasteiger partial charge in [-0.25, -0.2) is 9.59 Å². The lowest BCUT2D eigenvalue weighted by Gasteiger charge is -2.11. The highest BCUT2D eigenvalue weighted by Gasteiger charge is 2.20. The highest BCUT2D eigenvalue weighted by atomic mass is 16.6. The summed E-state index contributed by atoms with van der Waals surface area (Å²) in [5.41, 5.74) is 0.829. The van der Waals surface area contributed by atoms with E-state index in [9.17, 15) is 19.8 Å². The number of ether oxygens (including phenoxy) is 2. The van der Waals surface area contributed by atoms with Gasteiger partial charge in [-0.1, -0.05) is 30.3 Å². The first-order chi connectivity index (χ1) is 12.0. The molecule has 1 heterocycles. The molecule has 1 aromatic carbocycles. The van der Waals surface area contributed by atoms with E-state index in [0.717, 1.165) is 11.6 Å². The van der Waals surface area contributed by atoms with E-state index < -0.39 is 29.9 Å². The summed E-state index contributed by atoms with van der Waals surface area (Å²) in [5, 5.41) is 30.5. The van der Waals surface area contributed by atoms with Crippen LogP contribution in [0.5, 0.6) is 17.5 Å². The number of H-pyrrole nitrogens is 1. The van der Waals surface area contributed by atoms with Gasteiger partial charge in [-0.2, -0.15) is 0 Å². The number of esters is 1. The quantitative estimate of drug-likeness (QED) is 0.469. The SMILES string of the molecule is O=C(NCCC(O)C(=O)Oc1cc(O)[nH]c1O)OCc1ccccc1. The second kappa shape index (κ2) is 8.60.